The average Bonchev–Trinajstić information content (AvgIpc) is 2.47. The fourth-order valence-corrected chi connectivity index (χ4v) is 3.07. The van der Waals surface area contributed by atoms with Gasteiger partial charge in [-0.1, -0.05) is 24.3 Å². The van der Waals surface area contributed by atoms with Gasteiger partial charge >= 0.3 is 0 Å². The minimum Gasteiger partial charge on any atom is -0.392 e. The molecule has 6 heteroatoms. The third-order valence-corrected chi connectivity index (χ3v) is 4.70. The van der Waals surface area contributed by atoms with Crippen LogP contribution in [0.25, 0.3) is 0 Å². The first-order valence-electron chi connectivity index (χ1n) is 5.90. The van der Waals surface area contributed by atoms with Crippen LogP contribution in [0.15, 0.2) is 53.4 Å². The summed E-state index contributed by atoms with van der Waals surface area (Å²) in [6.07, 6.45) is 0. The molecule has 0 atom stereocenters. The SMILES string of the molecule is CN(c1ccccc1F)S(=O)(=O)c1cccc(CO)c1. The number of hydrogen-bond donors (Lipinski definition) is 1. The fraction of sp³-hybridized carbons (Fsp3) is 0.143. The van der Waals surface area contributed by atoms with E-state index in [1.165, 1.54) is 43.4 Å². The van der Waals surface area contributed by atoms with Gasteiger partial charge < -0.3 is 5.11 Å². The number of aliphatic hydroxyl groups is 1. The van der Waals surface area contributed by atoms with Crippen LogP contribution in [-0.2, 0) is 16.6 Å². The molecule has 2 aromatic rings. The number of halogens is 1. The molecule has 106 valence electrons. The Morgan fingerprint density at radius 2 is 1.85 bits per heavy atom. The second kappa shape index (κ2) is 5.60. The van der Waals surface area contributed by atoms with Crippen molar-refractivity contribution in [2.45, 2.75) is 11.5 Å². The summed E-state index contributed by atoms with van der Waals surface area (Å²) in [5, 5.41) is 9.06. The van der Waals surface area contributed by atoms with E-state index in [0.29, 0.717) is 5.56 Å². The van der Waals surface area contributed by atoms with Crippen molar-refractivity contribution in [1.82, 2.24) is 0 Å². The number of aliphatic hydroxyl groups excluding tert-OH is 1. The first kappa shape index (κ1) is 14.5. The Kier molecular flexibility index (Phi) is 4.06. The van der Waals surface area contributed by atoms with Gasteiger partial charge in [-0.3, -0.25) is 4.31 Å². The Morgan fingerprint density at radius 3 is 2.50 bits per heavy atom. The molecule has 0 aliphatic rings. The van der Waals surface area contributed by atoms with Gasteiger partial charge in [0, 0.05) is 7.05 Å². The van der Waals surface area contributed by atoms with Gasteiger partial charge in [-0.15, -0.1) is 0 Å². The fourth-order valence-electron chi connectivity index (χ4n) is 1.80. The maximum atomic E-state index is 13.7. The lowest BCUT2D eigenvalue weighted by atomic mass is 10.2. The molecule has 0 spiro atoms. The second-order valence-electron chi connectivity index (χ2n) is 4.23. The van der Waals surface area contributed by atoms with Crippen LogP contribution in [0.3, 0.4) is 0 Å². The normalized spacial score (nSPS) is 11.3. The molecule has 0 radical (unpaired) electrons. The predicted molar refractivity (Wildman–Crippen MR) is 74.4 cm³/mol. The van der Waals surface area contributed by atoms with E-state index in [2.05, 4.69) is 0 Å². The molecule has 0 fully saturated rings. The molecule has 2 rings (SSSR count). The van der Waals surface area contributed by atoms with E-state index in [0.717, 1.165) is 4.31 Å². The summed E-state index contributed by atoms with van der Waals surface area (Å²) in [6.45, 7) is -0.257. The zero-order chi connectivity index (χ0) is 14.8. The Morgan fingerprint density at radius 1 is 1.15 bits per heavy atom. The Hall–Kier alpha value is -1.92. The van der Waals surface area contributed by atoms with E-state index in [-0.39, 0.29) is 17.2 Å². The highest BCUT2D eigenvalue weighted by Crippen LogP contribution is 2.24. The molecule has 0 bridgehead atoms. The number of benzene rings is 2. The molecule has 0 heterocycles. The topological polar surface area (TPSA) is 57.6 Å². The minimum atomic E-state index is -3.86. The molecule has 0 aliphatic heterocycles. The molecule has 0 aliphatic carbocycles. The summed E-state index contributed by atoms with van der Waals surface area (Å²) in [6, 6.07) is 11.6. The molecular weight excluding hydrogens is 281 g/mol. The van der Waals surface area contributed by atoms with E-state index in [9.17, 15) is 12.8 Å². The summed E-state index contributed by atoms with van der Waals surface area (Å²) in [7, 11) is -2.57. The van der Waals surface area contributed by atoms with Crippen molar-refractivity contribution < 1.29 is 17.9 Å². The number of anilines is 1. The van der Waals surface area contributed by atoms with Gasteiger partial charge in [0.05, 0.1) is 17.2 Å². The quantitative estimate of drug-likeness (QED) is 0.940. The van der Waals surface area contributed by atoms with Crippen LogP contribution in [-0.4, -0.2) is 20.6 Å². The van der Waals surface area contributed by atoms with Crippen molar-refractivity contribution in [3.63, 3.8) is 0 Å². The van der Waals surface area contributed by atoms with Crippen LogP contribution in [0.5, 0.6) is 0 Å². The molecule has 0 saturated heterocycles. The maximum absolute atomic E-state index is 13.7. The highest BCUT2D eigenvalue weighted by atomic mass is 32.2. The first-order valence-corrected chi connectivity index (χ1v) is 7.34. The number of para-hydroxylation sites is 1. The Labute approximate surface area is 117 Å². The molecule has 0 amide bonds. The van der Waals surface area contributed by atoms with E-state index in [1.54, 1.807) is 12.1 Å². The summed E-state index contributed by atoms with van der Waals surface area (Å²) < 4.78 is 39.4. The molecule has 2 aromatic carbocycles. The summed E-state index contributed by atoms with van der Waals surface area (Å²) in [5.74, 6) is -0.614. The van der Waals surface area contributed by atoms with Crippen molar-refractivity contribution in [2.75, 3.05) is 11.4 Å². The molecular formula is C14H14FNO3S. The Bertz CT molecular complexity index is 716. The summed E-state index contributed by atoms with van der Waals surface area (Å²) >= 11 is 0. The third-order valence-electron chi connectivity index (χ3n) is 2.93. The van der Waals surface area contributed by atoms with E-state index in [4.69, 9.17) is 5.11 Å². The lowest BCUT2D eigenvalue weighted by Gasteiger charge is -2.20. The standard InChI is InChI=1S/C14H14FNO3S/c1-16(14-8-3-2-7-13(14)15)20(18,19)12-6-4-5-11(9-12)10-17/h2-9,17H,10H2,1H3. The lowest BCUT2D eigenvalue weighted by Crippen LogP contribution is -2.27. The largest absolute Gasteiger partial charge is 0.392 e. The zero-order valence-electron chi connectivity index (χ0n) is 10.8. The van der Waals surface area contributed by atoms with Crippen LogP contribution >= 0.6 is 0 Å². The van der Waals surface area contributed by atoms with Crippen molar-refractivity contribution in [3.8, 4) is 0 Å². The van der Waals surface area contributed by atoms with Crippen molar-refractivity contribution >= 4 is 15.7 Å². The van der Waals surface area contributed by atoms with Gasteiger partial charge in [0.25, 0.3) is 10.0 Å². The first-order chi connectivity index (χ1) is 9.46. The smallest absolute Gasteiger partial charge is 0.264 e. The van der Waals surface area contributed by atoms with E-state index in [1.807, 2.05) is 0 Å². The van der Waals surface area contributed by atoms with Crippen molar-refractivity contribution in [1.29, 1.82) is 0 Å². The molecule has 4 nitrogen and oxygen atoms in total. The van der Waals surface area contributed by atoms with Gasteiger partial charge in [-0.25, -0.2) is 12.8 Å². The van der Waals surface area contributed by atoms with Crippen LogP contribution in [0, 0.1) is 5.82 Å². The van der Waals surface area contributed by atoms with Crippen molar-refractivity contribution in [2.24, 2.45) is 0 Å². The number of rotatable bonds is 4. The minimum absolute atomic E-state index is 0.00908. The van der Waals surface area contributed by atoms with Crippen molar-refractivity contribution in [3.05, 3.63) is 59.9 Å². The monoisotopic (exact) mass is 295 g/mol. The van der Waals surface area contributed by atoms with Crippen LogP contribution < -0.4 is 4.31 Å². The molecule has 20 heavy (non-hydrogen) atoms. The van der Waals surface area contributed by atoms with Crippen LogP contribution in [0.1, 0.15) is 5.56 Å². The zero-order valence-corrected chi connectivity index (χ0v) is 11.6. The number of hydrogen-bond acceptors (Lipinski definition) is 3. The van der Waals surface area contributed by atoms with Gasteiger partial charge in [0.1, 0.15) is 5.82 Å². The summed E-state index contributed by atoms with van der Waals surface area (Å²) in [5.41, 5.74) is 0.454. The molecule has 1 N–H and O–H groups in total. The van der Waals surface area contributed by atoms with E-state index < -0.39 is 15.8 Å². The third kappa shape index (κ3) is 2.66. The van der Waals surface area contributed by atoms with Crippen LogP contribution in [0.4, 0.5) is 10.1 Å². The number of sulfonamides is 1. The Balaban J connectivity index is 2.47. The number of nitrogens with zero attached hydrogens (tertiary/aromatic N) is 1. The predicted octanol–water partition coefficient (Wildman–Crippen LogP) is 2.14. The average molecular weight is 295 g/mol. The van der Waals surface area contributed by atoms with Gasteiger partial charge in [0.15, 0.2) is 0 Å². The molecule has 0 aromatic heterocycles. The molecule has 0 unspecified atom stereocenters. The summed E-state index contributed by atoms with van der Waals surface area (Å²) in [4.78, 5) is 0.00908. The maximum Gasteiger partial charge on any atom is 0.264 e. The van der Waals surface area contributed by atoms with Gasteiger partial charge in [0.2, 0.25) is 0 Å². The lowest BCUT2D eigenvalue weighted by molar-refractivity contribution is 0.281. The van der Waals surface area contributed by atoms with Gasteiger partial charge in [-0.05, 0) is 29.8 Å². The van der Waals surface area contributed by atoms with Crippen LogP contribution in [0.2, 0.25) is 0 Å². The van der Waals surface area contributed by atoms with Gasteiger partial charge in [-0.2, -0.15) is 0 Å². The second-order valence-corrected chi connectivity index (χ2v) is 6.20. The highest BCUT2D eigenvalue weighted by molar-refractivity contribution is 7.92. The van der Waals surface area contributed by atoms with E-state index >= 15 is 0 Å². The highest BCUT2D eigenvalue weighted by Gasteiger charge is 2.23. The molecule has 0 saturated carbocycles.